The van der Waals surface area contributed by atoms with E-state index >= 15 is 0 Å². The minimum absolute atomic E-state index is 0.0838. The summed E-state index contributed by atoms with van der Waals surface area (Å²) in [4.78, 5) is 13.6. The average molecular weight is 257 g/mol. The van der Waals surface area contributed by atoms with Crippen LogP contribution in [0.5, 0.6) is 0 Å². The summed E-state index contributed by atoms with van der Waals surface area (Å²) in [6.07, 6.45) is 13.7. The van der Waals surface area contributed by atoms with Gasteiger partial charge in [-0.15, -0.1) is 6.42 Å². The van der Waals surface area contributed by atoms with Crippen molar-refractivity contribution in [3.63, 3.8) is 0 Å². The Kier molecular flexibility index (Phi) is 4.76. The second-order valence-electron chi connectivity index (χ2n) is 5.43. The molecule has 1 amide bonds. The summed E-state index contributed by atoms with van der Waals surface area (Å²) in [6, 6.07) is 0.116. The van der Waals surface area contributed by atoms with Gasteiger partial charge in [-0.2, -0.15) is 0 Å². The van der Waals surface area contributed by atoms with Crippen LogP contribution < -0.4 is 0 Å². The zero-order valence-electron chi connectivity index (χ0n) is 11.2. The number of rotatable bonds is 3. The fraction of sp³-hybridized carbons (Fsp3) is 0.769. The highest BCUT2D eigenvalue weighted by atomic mass is 32.3. The third-order valence-electron chi connectivity index (χ3n) is 2.99. The maximum absolute atomic E-state index is 11.9. The molecule has 0 saturated carbocycles. The lowest BCUT2D eigenvalue weighted by Gasteiger charge is -2.27. The Bertz CT molecular complexity index is 316. The van der Waals surface area contributed by atoms with Crippen molar-refractivity contribution < 1.29 is 9.53 Å². The van der Waals surface area contributed by atoms with Crippen molar-refractivity contribution in [1.29, 1.82) is 0 Å². The summed E-state index contributed by atoms with van der Waals surface area (Å²) in [5, 5.41) is 0. The first-order valence-electron chi connectivity index (χ1n) is 5.92. The molecule has 0 aliphatic carbocycles. The Morgan fingerprint density at radius 3 is 2.65 bits per heavy atom. The first kappa shape index (κ1) is 14.2. The van der Waals surface area contributed by atoms with Crippen molar-refractivity contribution in [1.82, 2.24) is 4.90 Å². The molecular weight excluding hydrogens is 234 g/mol. The van der Waals surface area contributed by atoms with Gasteiger partial charge in [0, 0.05) is 11.8 Å². The zero-order chi connectivity index (χ0) is 13.1. The fourth-order valence-electron chi connectivity index (χ4n) is 1.91. The molecule has 1 rings (SSSR count). The van der Waals surface area contributed by atoms with E-state index in [1.54, 1.807) is 4.90 Å². The molecule has 2 atom stereocenters. The van der Waals surface area contributed by atoms with Gasteiger partial charge in [0.1, 0.15) is 6.61 Å². The van der Waals surface area contributed by atoms with Gasteiger partial charge in [0.15, 0.2) is 0 Å². The number of amides is 1. The number of carbonyl (C=O) groups is 1. The molecular formula is C13H23NO2S. The molecule has 0 aromatic rings. The largest absolute Gasteiger partial charge is 0.449 e. The van der Waals surface area contributed by atoms with Crippen LogP contribution in [0.2, 0.25) is 0 Å². The van der Waals surface area contributed by atoms with Gasteiger partial charge < -0.3 is 4.74 Å². The lowest BCUT2D eigenvalue weighted by atomic mass is 10.2. The number of hydrogen-bond donors (Lipinski definition) is 0. The van der Waals surface area contributed by atoms with E-state index in [1.807, 2.05) is 6.92 Å². The molecule has 4 heteroatoms. The summed E-state index contributed by atoms with van der Waals surface area (Å²) in [5.74, 6) is 3.61. The Hall–Kier alpha value is -0.820. The number of hydrogen-bond acceptors (Lipinski definition) is 2. The van der Waals surface area contributed by atoms with Crippen molar-refractivity contribution in [2.75, 3.05) is 31.1 Å². The summed E-state index contributed by atoms with van der Waals surface area (Å²) in [6.45, 7) is 2.52. The van der Waals surface area contributed by atoms with Gasteiger partial charge in [0.05, 0.1) is 6.04 Å². The maximum atomic E-state index is 11.9. The smallest absolute Gasteiger partial charge is 0.411 e. The highest BCUT2D eigenvalue weighted by Gasteiger charge is 2.34. The minimum Gasteiger partial charge on any atom is -0.449 e. The van der Waals surface area contributed by atoms with Crippen LogP contribution in [0, 0.1) is 12.3 Å². The molecule has 1 unspecified atom stereocenters. The van der Waals surface area contributed by atoms with Gasteiger partial charge in [-0.1, -0.05) is 5.92 Å². The highest BCUT2D eigenvalue weighted by molar-refractivity contribution is 8.32. The monoisotopic (exact) mass is 257 g/mol. The number of nitrogens with zero attached hydrogens (tertiary/aromatic N) is 1. The highest BCUT2D eigenvalue weighted by Crippen LogP contribution is 2.33. The topological polar surface area (TPSA) is 29.5 Å². The molecule has 17 heavy (non-hydrogen) atoms. The van der Waals surface area contributed by atoms with Crippen LogP contribution >= 0.6 is 10.0 Å². The minimum atomic E-state index is -0.612. The van der Waals surface area contributed by atoms with Crippen LogP contribution in [0.3, 0.4) is 0 Å². The van der Waals surface area contributed by atoms with Crippen molar-refractivity contribution in [3.8, 4) is 12.3 Å². The predicted octanol–water partition coefficient (Wildman–Crippen LogP) is 2.30. The van der Waals surface area contributed by atoms with Crippen LogP contribution in [0.1, 0.15) is 19.8 Å². The predicted molar refractivity (Wildman–Crippen MR) is 74.7 cm³/mol. The molecule has 3 nitrogen and oxygen atoms in total. The van der Waals surface area contributed by atoms with Crippen molar-refractivity contribution in [2.45, 2.75) is 31.8 Å². The van der Waals surface area contributed by atoms with E-state index in [4.69, 9.17) is 11.2 Å². The molecule has 0 bridgehead atoms. The molecule has 1 saturated heterocycles. The Labute approximate surface area is 106 Å². The first-order chi connectivity index (χ1) is 7.85. The average Bonchev–Trinajstić information content (AvgIpc) is 2.57. The molecule has 0 N–H and O–H groups in total. The van der Waals surface area contributed by atoms with E-state index in [1.165, 1.54) is 0 Å². The van der Waals surface area contributed by atoms with Crippen LogP contribution in [0.4, 0.5) is 4.79 Å². The normalized spacial score (nSPS) is 25.5. The second-order valence-corrected chi connectivity index (χ2v) is 10.0. The van der Waals surface area contributed by atoms with Gasteiger partial charge in [-0.3, -0.25) is 4.90 Å². The van der Waals surface area contributed by atoms with E-state index in [9.17, 15) is 4.79 Å². The molecule has 98 valence electrons. The Balaban J connectivity index is 2.44. The molecule has 1 aliphatic heterocycles. The summed E-state index contributed by atoms with van der Waals surface area (Å²) >= 11 is 0. The zero-order valence-corrected chi connectivity index (χ0v) is 12.0. The molecule has 0 aromatic carbocycles. The number of terminal acetylenes is 1. The van der Waals surface area contributed by atoms with Crippen LogP contribution in [0.25, 0.3) is 0 Å². The lowest BCUT2D eigenvalue weighted by molar-refractivity contribution is 0.0990. The first-order valence-corrected chi connectivity index (χ1v) is 8.95. The Morgan fingerprint density at radius 2 is 2.12 bits per heavy atom. The van der Waals surface area contributed by atoms with Gasteiger partial charge in [-0.05, 0) is 38.5 Å². The van der Waals surface area contributed by atoms with Gasteiger partial charge in [0.2, 0.25) is 0 Å². The van der Waals surface area contributed by atoms with Crippen molar-refractivity contribution in [2.24, 2.45) is 0 Å². The lowest BCUT2D eigenvalue weighted by Crippen LogP contribution is -2.40. The summed E-state index contributed by atoms with van der Waals surface area (Å²) in [7, 11) is -0.612. The number of ether oxygens (including phenoxy) is 1. The van der Waals surface area contributed by atoms with Crippen LogP contribution in [0.15, 0.2) is 0 Å². The molecule has 0 radical (unpaired) electrons. The second kappa shape index (κ2) is 5.68. The van der Waals surface area contributed by atoms with E-state index in [2.05, 4.69) is 24.7 Å². The molecule has 1 fully saturated rings. The Morgan fingerprint density at radius 1 is 1.47 bits per heavy atom. The molecule has 0 aromatic heterocycles. The third-order valence-corrected chi connectivity index (χ3v) is 4.38. The SMILES string of the molecule is C#CC1CC[C@@H](C)N1C(=O)OCCS(C)(C)C. The number of likely N-dealkylation sites (tertiary alicyclic amines) is 1. The van der Waals surface area contributed by atoms with Gasteiger partial charge in [0.25, 0.3) is 0 Å². The van der Waals surface area contributed by atoms with Gasteiger partial charge >= 0.3 is 6.09 Å². The van der Waals surface area contributed by atoms with Crippen molar-refractivity contribution in [3.05, 3.63) is 0 Å². The van der Waals surface area contributed by atoms with Crippen molar-refractivity contribution >= 4 is 16.1 Å². The van der Waals surface area contributed by atoms with E-state index in [0.717, 1.165) is 18.6 Å². The third kappa shape index (κ3) is 4.16. The fourth-order valence-corrected chi connectivity index (χ4v) is 2.49. The maximum Gasteiger partial charge on any atom is 0.411 e. The van der Waals surface area contributed by atoms with Crippen LogP contribution in [-0.2, 0) is 4.74 Å². The molecule has 1 aliphatic rings. The van der Waals surface area contributed by atoms with E-state index < -0.39 is 10.0 Å². The quantitative estimate of drug-likeness (QED) is 0.726. The summed E-state index contributed by atoms with van der Waals surface area (Å²) < 4.78 is 5.32. The molecule has 1 heterocycles. The van der Waals surface area contributed by atoms with Gasteiger partial charge in [-0.25, -0.2) is 14.8 Å². The molecule has 0 spiro atoms. The van der Waals surface area contributed by atoms with Crippen LogP contribution in [-0.4, -0.2) is 54.2 Å². The summed E-state index contributed by atoms with van der Waals surface area (Å²) in [5.41, 5.74) is 0. The standard InChI is InChI=1S/C13H23NO2S/c1-6-12-8-7-11(2)14(12)13(15)16-9-10-17(3,4)5/h1,11-12H,7-10H2,2-5H3/t11-,12?/m1/s1. The van der Waals surface area contributed by atoms with E-state index in [0.29, 0.717) is 6.61 Å². The van der Waals surface area contributed by atoms with E-state index in [-0.39, 0.29) is 18.2 Å². The number of carbonyl (C=O) groups excluding carboxylic acids is 1.